The van der Waals surface area contributed by atoms with E-state index in [9.17, 15) is 14.5 Å². The molecule has 7 nitrogen and oxygen atoms in total. The third kappa shape index (κ3) is 2.96. The zero-order valence-electron chi connectivity index (χ0n) is 15.4. The summed E-state index contributed by atoms with van der Waals surface area (Å²) in [6.45, 7) is 0. The predicted molar refractivity (Wildman–Crippen MR) is 103 cm³/mol. The fourth-order valence-electron chi connectivity index (χ4n) is 5.94. The Hall–Kier alpha value is -2.77. The number of nitrogens with zero attached hydrogens (tertiary/aromatic N) is 3. The zero-order valence-corrected chi connectivity index (χ0v) is 15.4. The van der Waals surface area contributed by atoms with Crippen LogP contribution in [-0.4, -0.2) is 20.4 Å². The monoisotopic (exact) mass is 383 g/mol. The van der Waals surface area contributed by atoms with Crippen molar-refractivity contribution in [2.45, 2.75) is 44.1 Å². The molecule has 4 aliphatic carbocycles. The van der Waals surface area contributed by atoms with E-state index in [-0.39, 0.29) is 28.5 Å². The van der Waals surface area contributed by atoms with Gasteiger partial charge >= 0.3 is 5.69 Å². The Morgan fingerprint density at radius 3 is 2.25 bits per heavy atom. The van der Waals surface area contributed by atoms with Crippen molar-refractivity contribution in [3.8, 4) is 0 Å². The number of hydrogen-bond donors (Lipinski definition) is 2. The Morgan fingerprint density at radius 1 is 1.04 bits per heavy atom. The SMILES string of the molecule is O=[N+]([O-])c1c(Nc2ccccc2F)ncnc1NC12CC3CC(CC(C3)C1)C2. The number of rotatable bonds is 5. The number of anilines is 3. The summed E-state index contributed by atoms with van der Waals surface area (Å²) in [6, 6.07) is 6.04. The number of aromatic nitrogens is 2. The smallest absolute Gasteiger partial charge is 0.353 e. The van der Waals surface area contributed by atoms with Crippen molar-refractivity contribution in [3.05, 3.63) is 46.5 Å². The summed E-state index contributed by atoms with van der Waals surface area (Å²) < 4.78 is 14.0. The highest BCUT2D eigenvalue weighted by Crippen LogP contribution is 2.57. The predicted octanol–water partition coefficient (Wildman–Crippen LogP) is 4.65. The molecule has 6 rings (SSSR count). The molecular weight excluding hydrogens is 361 g/mol. The van der Waals surface area contributed by atoms with Gasteiger partial charge in [-0.15, -0.1) is 0 Å². The van der Waals surface area contributed by atoms with E-state index >= 15 is 0 Å². The van der Waals surface area contributed by atoms with Gasteiger partial charge in [-0.05, 0) is 68.4 Å². The maximum atomic E-state index is 14.0. The van der Waals surface area contributed by atoms with Crippen molar-refractivity contribution in [2.24, 2.45) is 17.8 Å². The molecule has 0 amide bonds. The topological polar surface area (TPSA) is 93.0 Å². The van der Waals surface area contributed by atoms with Gasteiger partial charge in [-0.3, -0.25) is 10.1 Å². The molecule has 1 aromatic heterocycles. The molecule has 28 heavy (non-hydrogen) atoms. The van der Waals surface area contributed by atoms with Gasteiger partial charge < -0.3 is 10.6 Å². The van der Waals surface area contributed by atoms with E-state index in [1.807, 2.05) is 0 Å². The van der Waals surface area contributed by atoms with Crippen LogP contribution in [0.1, 0.15) is 38.5 Å². The van der Waals surface area contributed by atoms with Gasteiger partial charge in [-0.2, -0.15) is 0 Å². The second-order valence-electron chi connectivity index (χ2n) is 8.60. The molecule has 4 saturated carbocycles. The van der Waals surface area contributed by atoms with Gasteiger partial charge in [-0.25, -0.2) is 14.4 Å². The first-order valence-corrected chi connectivity index (χ1v) is 9.80. The lowest BCUT2D eigenvalue weighted by atomic mass is 9.53. The second kappa shape index (κ2) is 6.39. The van der Waals surface area contributed by atoms with Crippen LogP contribution in [0.15, 0.2) is 30.6 Å². The zero-order chi connectivity index (χ0) is 19.3. The Kier molecular flexibility index (Phi) is 3.96. The van der Waals surface area contributed by atoms with Crippen LogP contribution in [0.3, 0.4) is 0 Å². The van der Waals surface area contributed by atoms with Crippen molar-refractivity contribution in [2.75, 3.05) is 10.6 Å². The molecule has 4 aliphatic rings. The molecule has 2 N–H and O–H groups in total. The third-order valence-electron chi connectivity index (χ3n) is 6.55. The highest BCUT2D eigenvalue weighted by Gasteiger charge is 2.51. The molecule has 0 radical (unpaired) electrons. The first kappa shape index (κ1) is 17.3. The van der Waals surface area contributed by atoms with Gasteiger partial charge in [0, 0.05) is 5.54 Å². The molecule has 0 unspecified atom stereocenters. The van der Waals surface area contributed by atoms with E-state index in [4.69, 9.17) is 0 Å². The quantitative estimate of drug-likeness (QED) is 0.577. The van der Waals surface area contributed by atoms with E-state index in [0.29, 0.717) is 17.8 Å². The van der Waals surface area contributed by atoms with Crippen molar-refractivity contribution >= 4 is 23.0 Å². The molecule has 146 valence electrons. The Bertz CT molecular complexity index is 899. The summed E-state index contributed by atoms with van der Waals surface area (Å²) >= 11 is 0. The standard InChI is InChI=1S/C20H22FN5O2/c21-15-3-1-2-4-16(15)24-18-17(26(27)28)19(23-11-22-18)25-20-8-12-5-13(9-20)7-14(6-12)10-20/h1-4,11-14H,5-10H2,(H2,22,23,24,25). The molecule has 4 bridgehead atoms. The fourth-order valence-corrected chi connectivity index (χ4v) is 5.94. The van der Waals surface area contributed by atoms with Crippen molar-refractivity contribution in [1.29, 1.82) is 0 Å². The Labute approximate surface area is 161 Å². The van der Waals surface area contributed by atoms with Crippen molar-refractivity contribution in [1.82, 2.24) is 9.97 Å². The maximum absolute atomic E-state index is 14.0. The summed E-state index contributed by atoms with van der Waals surface area (Å²) in [6.07, 6.45) is 8.26. The van der Waals surface area contributed by atoms with Crippen LogP contribution >= 0.6 is 0 Å². The highest BCUT2D eigenvalue weighted by atomic mass is 19.1. The minimum atomic E-state index is -0.494. The lowest BCUT2D eigenvalue weighted by molar-refractivity contribution is -0.383. The van der Waals surface area contributed by atoms with Gasteiger partial charge in [0.2, 0.25) is 11.6 Å². The number of nitrogens with one attached hydrogen (secondary N) is 2. The molecule has 0 spiro atoms. The van der Waals surface area contributed by atoms with Gasteiger partial charge in [-0.1, -0.05) is 12.1 Å². The molecule has 1 heterocycles. The van der Waals surface area contributed by atoms with Crippen LogP contribution < -0.4 is 10.6 Å². The van der Waals surface area contributed by atoms with E-state index in [1.54, 1.807) is 12.1 Å². The first-order chi connectivity index (χ1) is 13.5. The van der Waals surface area contributed by atoms with Crippen molar-refractivity contribution < 1.29 is 9.31 Å². The minimum absolute atomic E-state index is 0.00247. The Morgan fingerprint density at radius 2 is 1.64 bits per heavy atom. The van der Waals surface area contributed by atoms with Gasteiger partial charge in [0.05, 0.1) is 10.6 Å². The lowest BCUT2D eigenvalue weighted by Crippen LogP contribution is -2.55. The summed E-state index contributed by atoms with van der Waals surface area (Å²) in [5.41, 5.74) is -0.213. The van der Waals surface area contributed by atoms with E-state index < -0.39 is 10.7 Å². The summed E-state index contributed by atoms with van der Waals surface area (Å²) in [7, 11) is 0. The normalized spacial score (nSPS) is 30.2. The molecule has 1 aromatic carbocycles. The molecule has 0 aliphatic heterocycles. The van der Waals surface area contributed by atoms with Crippen LogP contribution in [0.2, 0.25) is 0 Å². The van der Waals surface area contributed by atoms with Gasteiger partial charge in [0.25, 0.3) is 0 Å². The number of benzene rings is 1. The molecule has 0 saturated heterocycles. The molecule has 4 fully saturated rings. The maximum Gasteiger partial charge on any atom is 0.353 e. The van der Waals surface area contributed by atoms with Gasteiger partial charge in [0.15, 0.2) is 0 Å². The molecule has 8 heteroatoms. The van der Waals surface area contributed by atoms with Crippen LogP contribution in [-0.2, 0) is 0 Å². The molecular formula is C20H22FN5O2. The molecule has 0 atom stereocenters. The number of nitro groups is 1. The summed E-state index contributed by atoms with van der Waals surface area (Å²) in [4.78, 5) is 19.6. The first-order valence-electron chi connectivity index (χ1n) is 9.80. The highest BCUT2D eigenvalue weighted by molar-refractivity contribution is 5.74. The average Bonchev–Trinajstić information content (AvgIpc) is 2.62. The van der Waals surface area contributed by atoms with Crippen LogP contribution in [0.5, 0.6) is 0 Å². The minimum Gasteiger partial charge on any atom is -0.359 e. The summed E-state index contributed by atoms with van der Waals surface area (Å²) in [5, 5.41) is 18.1. The van der Waals surface area contributed by atoms with Gasteiger partial charge in [0.1, 0.15) is 12.1 Å². The van der Waals surface area contributed by atoms with Crippen LogP contribution in [0.4, 0.5) is 27.4 Å². The van der Waals surface area contributed by atoms with Crippen LogP contribution in [0, 0.1) is 33.7 Å². The van der Waals surface area contributed by atoms with Crippen LogP contribution in [0.25, 0.3) is 0 Å². The largest absolute Gasteiger partial charge is 0.359 e. The van der Waals surface area contributed by atoms with E-state index in [1.165, 1.54) is 37.7 Å². The summed E-state index contributed by atoms with van der Waals surface area (Å²) in [5.74, 6) is 1.84. The van der Waals surface area contributed by atoms with E-state index in [0.717, 1.165) is 19.3 Å². The van der Waals surface area contributed by atoms with Crippen molar-refractivity contribution in [3.63, 3.8) is 0 Å². The second-order valence-corrected chi connectivity index (χ2v) is 8.60. The Balaban J connectivity index is 1.48. The lowest BCUT2D eigenvalue weighted by Gasteiger charge is -2.57. The number of hydrogen-bond acceptors (Lipinski definition) is 6. The third-order valence-corrected chi connectivity index (χ3v) is 6.55. The average molecular weight is 383 g/mol. The number of halogens is 1. The fraction of sp³-hybridized carbons (Fsp3) is 0.500. The molecule has 2 aromatic rings. The number of para-hydroxylation sites is 1. The van der Waals surface area contributed by atoms with E-state index in [2.05, 4.69) is 20.6 Å².